The molecule has 0 aliphatic rings. The van der Waals surface area contributed by atoms with Crippen LogP contribution in [0.4, 0.5) is 5.69 Å². The van der Waals surface area contributed by atoms with Crippen LogP contribution in [-0.2, 0) is 9.53 Å². The van der Waals surface area contributed by atoms with E-state index in [-0.39, 0.29) is 18.4 Å². The fourth-order valence-corrected chi connectivity index (χ4v) is 2.72. The first-order chi connectivity index (χ1) is 12.9. The van der Waals surface area contributed by atoms with Gasteiger partial charge >= 0.3 is 0 Å². The minimum Gasteiger partial charge on any atom is -0.391 e. The highest BCUT2D eigenvalue weighted by molar-refractivity contribution is 7.80. The maximum Gasteiger partial charge on any atom is 0.241 e. The molecule has 1 rings (SSSR count). The van der Waals surface area contributed by atoms with Gasteiger partial charge in [0.05, 0.1) is 12.7 Å². The van der Waals surface area contributed by atoms with Crippen molar-refractivity contribution >= 4 is 28.9 Å². The van der Waals surface area contributed by atoms with Gasteiger partial charge in [0.1, 0.15) is 0 Å². The Morgan fingerprint density at radius 2 is 1.89 bits per heavy atom. The third kappa shape index (κ3) is 10.9. The first-order valence-electron chi connectivity index (χ1n) is 9.60. The molecule has 0 saturated carbocycles. The lowest BCUT2D eigenvalue weighted by atomic mass is 9.95. The lowest BCUT2D eigenvalue weighted by molar-refractivity contribution is -0.127. The minimum absolute atomic E-state index is 0.177. The summed E-state index contributed by atoms with van der Waals surface area (Å²) in [6.45, 7) is 7.04. The third-order valence-electron chi connectivity index (χ3n) is 3.93. The molecular weight excluding hydrogens is 362 g/mol. The molecule has 7 heteroatoms. The molecule has 2 atom stereocenters. The van der Waals surface area contributed by atoms with E-state index < -0.39 is 6.10 Å². The van der Waals surface area contributed by atoms with Crippen LogP contribution in [0.5, 0.6) is 0 Å². The fourth-order valence-electron chi connectivity index (χ4n) is 2.55. The molecular formula is C20H33N3O3S. The van der Waals surface area contributed by atoms with Gasteiger partial charge in [-0.3, -0.25) is 15.6 Å². The molecule has 0 heterocycles. The largest absolute Gasteiger partial charge is 0.391 e. The number of aliphatic hydroxyl groups is 1. The number of hydrogen-bond donors (Lipinski definition) is 4. The molecule has 152 valence electrons. The van der Waals surface area contributed by atoms with Crippen molar-refractivity contribution < 1.29 is 14.6 Å². The summed E-state index contributed by atoms with van der Waals surface area (Å²) in [5, 5.41) is 13.5. The Labute approximate surface area is 168 Å². The van der Waals surface area contributed by atoms with Crippen molar-refractivity contribution in [1.29, 1.82) is 0 Å². The van der Waals surface area contributed by atoms with E-state index in [0.29, 0.717) is 30.5 Å². The van der Waals surface area contributed by atoms with Crippen LogP contribution in [0.15, 0.2) is 30.3 Å². The average Bonchev–Trinajstić information content (AvgIpc) is 2.63. The van der Waals surface area contributed by atoms with E-state index in [1.165, 1.54) is 0 Å². The van der Waals surface area contributed by atoms with Gasteiger partial charge < -0.3 is 15.2 Å². The zero-order chi connectivity index (χ0) is 20.1. The summed E-state index contributed by atoms with van der Waals surface area (Å²) in [6.07, 6.45) is 2.33. The molecule has 0 unspecified atom stereocenters. The first kappa shape index (κ1) is 23.3. The van der Waals surface area contributed by atoms with Crippen molar-refractivity contribution in [2.24, 2.45) is 11.8 Å². The summed E-state index contributed by atoms with van der Waals surface area (Å²) >= 11 is 5.19. The second-order valence-electron chi connectivity index (χ2n) is 7.09. The number of carbonyl (C=O) groups excluding carboxylic acids is 1. The number of anilines is 1. The van der Waals surface area contributed by atoms with Crippen molar-refractivity contribution in [3.05, 3.63) is 30.3 Å². The number of ether oxygens (including phenoxy) is 1. The molecule has 0 aliphatic heterocycles. The Kier molecular flexibility index (Phi) is 11.6. The molecule has 27 heavy (non-hydrogen) atoms. The monoisotopic (exact) mass is 395 g/mol. The predicted molar refractivity (Wildman–Crippen MR) is 113 cm³/mol. The molecule has 1 aromatic carbocycles. The van der Waals surface area contributed by atoms with E-state index >= 15 is 0 Å². The van der Waals surface area contributed by atoms with Gasteiger partial charge in [0.15, 0.2) is 5.11 Å². The van der Waals surface area contributed by atoms with Gasteiger partial charge in [-0.1, -0.05) is 51.8 Å². The van der Waals surface area contributed by atoms with Crippen molar-refractivity contribution in [1.82, 2.24) is 10.9 Å². The quantitative estimate of drug-likeness (QED) is 0.340. The van der Waals surface area contributed by atoms with E-state index in [9.17, 15) is 9.90 Å². The summed E-state index contributed by atoms with van der Waals surface area (Å²) in [6, 6.07) is 9.47. The molecule has 4 N–H and O–H groups in total. The number of thiocarbonyl (C=S) groups is 1. The van der Waals surface area contributed by atoms with Crippen molar-refractivity contribution in [3.63, 3.8) is 0 Å². The number of hydrogen-bond acceptors (Lipinski definition) is 4. The number of carbonyl (C=O) groups is 1. The van der Waals surface area contributed by atoms with E-state index in [4.69, 9.17) is 17.0 Å². The van der Waals surface area contributed by atoms with Gasteiger partial charge in [-0.25, -0.2) is 0 Å². The summed E-state index contributed by atoms with van der Waals surface area (Å²) in [4.78, 5) is 12.5. The summed E-state index contributed by atoms with van der Waals surface area (Å²) in [7, 11) is 0. The lowest BCUT2D eigenvalue weighted by Crippen LogP contribution is -2.47. The molecule has 0 bridgehead atoms. The third-order valence-corrected chi connectivity index (χ3v) is 4.13. The topological polar surface area (TPSA) is 82.6 Å². The normalized spacial score (nSPS) is 13.1. The number of unbranched alkanes of at least 4 members (excludes halogenated alkanes) is 1. The molecule has 6 nitrogen and oxygen atoms in total. The number of amides is 1. The van der Waals surface area contributed by atoms with E-state index in [0.717, 1.165) is 18.5 Å². The van der Waals surface area contributed by atoms with Crippen molar-refractivity contribution in [2.75, 3.05) is 18.5 Å². The number of rotatable bonds is 11. The minimum atomic E-state index is -0.661. The van der Waals surface area contributed by atoms with Crippen LogP contribution >= 0.6 is 12.2 Å². The van der Waals surface area contributed by atoms with E-state index in [1.54, 1.807) is 0 Å². The Hall–Kier alpha value is -1.70. The number of para-hydroxylation sites is 1. The van der Waals surface area contributed by atoms with Crippen LogP contribution in [0.3, 0.4) is 0 Å². The van der Waals surface area contributed by atoms with Gasteiger partial charge in [0, 0.05) is 18.2 Å². The standard InChI is InChI=1S/C20H33N3O3S/c1-4-5-9-16(12-18(24)14-26-13-15(2)3)19(25)22-23-20(27)21-17-10-7-6-8-11-17/h6-8,10-11,15-16,18,24H,4-5,9,12-14H2,1-3H3,(H,22,25)(H2,21,23,27)/t16-,18-/m0/s1. The Morgan fingerprint density at radius 1 is 1.19 bits per heavy atom. The Bertz CT molecular complexity index is 555. The summed E-state index contributed by atoms with van der Waals surface area (Å²) < 4.78 is 5.48. The number of nitrogens with one attached hydrogen (secondary N) is 3. The molecule has 1 amide bonds. The van der Waals surface area contributed by atoms with E-state index in [2.05, 4.69) is 36.9 Å². The van der Waals surface area contributed by atoms with Gasteiger partial charge in [-0.05, 0) is 43.1 Å². The molecule has 0 fully saturated rings. The number of aliphatic hydroxyl groups excluding tert-OH is 1. The molecule has 0 saturated heterocycles. The zero-order valence-corrected chi connectivity index (χ0v) is 17.3. The molecule has 0 spiro atoms. The van der Waals surface area contributed by atoms with Gasteiger partial charge in [0.2, 0.25) is 5.91 Å². The van der Waals surface area contributed by atoms with Crippen LogP contribution in [0.25, 0.3) is 0 Å². The number of benzene rings is 1. The van der Waals surface area contributed by atoms with Crippen molar-refractivity contribution in [2.45, 2.75) is 52.6 Å². The molecule has 0 aliphatic carbocycles. The summed E-state index contributed by atoms with van der Waals surface area (Å²) in [5.74, 6) is -0.0584. The second kappa shape index (κ2) is 13.5. The Morgan fingerprint density at radius 3 is 2.52 bits per heavy atom. The fraction of sp³-hybridized carbons (Fsp3) is 0.600. The van der Waals surface area contributed by atoms with Crippen molar-refractivity contribution in [3.8, 4) is 0 Å². The highest BCUT2D eigenvalue weighted by Gasteiger charge is 2.22. The highest BCUT2D eigenvalue weighted by atomic mass is 32.1. The maximum absolute atomic E-state index is 12.5. The maximum atomic E-state index is 12.5. The SMILES string of the molecule is CCCC[C@@H](C[C@H](O)COCC(C)C)C(=O)NNC(=S)Nc1ccccc1. The molecule has 1 aromatic rings. The second-order valence-corrected chi connectivity index (χ2v) is 7.50. The van der Waals surface area contributed by atoms with Crippen LogP contribution in [0.1, 0.15) is 46.5 Å². The average molecular weight is 396 g/mol. The smallest absolute Gasteiger partial charge is 0.241 e. The van der Waals surface area contributed by atoms with Crippen LogP contribution in [0, 0.1) is 11.8 Å². The Balaban J connectivity index is 2.44. The van der Waals surface area contributed by atoms with Gasteiger partial charge in [-0.2, -0.15) is 0 Å². The van der Waals surface area contributed by atoms with E-state index in [1.807, 2.05) is 30.3 Å². The van der Waals surface area contributed by atoms with Crippen LogP contribution in [0.2, 0.25) is 0 Å². The predicted octanol–water partition coefficient (Wildman–Crippen LogP) is 3.23. The highest BCUT2D eigenvalue weighted by Crippen LogP contribution is 2.16. The lowest BCUT2D eigenvalue weighted by Gasteiger charge is -2.21. The first-order valence-corrected chi connectivity index (χ1v) is 10.0. The molecule has 0 aromatic heterocycles. The zero-order valence-electron chi connectivity index (χ0n) is 16.5. The number of hydrazine groups is 1. The summed E-state index contributed by atoms with van der Waals surface area (Å²) in [5.41, 5.74) is 6.21. The van der Waals surface area contributed by atoms with Gasteiger partial charge in [-0.15, -0.1) is 0 Å². The van der Waals surface area contributed by atoms with Gasteiger partial charge in [0.25, 0.3) is 0 Å². The molecule has 0 radical (unpaired) electrons. The van der Waals surface area contributed by atoms with Crippen LogP contribution in [-0.4, -0.2) is 35.4 Å². The van der Waals surface area contributed by atoms with Crippen LogP contribution < -0.4 is 16.2 Å².